The van der Waals surface area contributed by atoms with Crippen LogP contribution in [0.1, 0.15) is 5.56 Å². The number of benzene rings is 1. The third kappa shape index (κ3) is 4.46. The maximum atomic E-state index is 11.8. The second-order valence-electron chi connectivity index (χ2n) is 4.77. The molecule has 0 bridgehead atoms. The molecule has 0 aromatic heterocycles. The van der Waals surface area contributed by atoms with E-state index in [1.807, 2.05) is 0 Å². The van der Waals surface area contributed by atoms with E-state index in [4.69, 9.17) is 11.6 Å². The molecule has 0 unspecified atom stereocenters. The van der Waals surface area contributed by atoms with Crippen molar-refractivity contribution in [3.63, 3.8) is 0 Å². The third-order valence-corrected chi connectivity index (χ3v) is 4.20. The van der Waals surface area contributed by atoms with Crippen LogP contribution < -0.4 is 10.6 Å². The van der Waals surface area contributed by atoms with Gasteiger partial charge in [-0.25, -0.2) is 0 Å². The number of carbonyl (C=O) groups is 4. The van der Waals surface area contributed by atoms with Gasteiger partial charge in [-0.1, -0.05) is 23.4 Å². The zero-order chi connectivity index (χ0) is 17.0. The largest absolute Gasteiger partial charge is 0.346 e. The van der Waals surface area contributed by atoms with Gasteiger partial charge >= 0.3 is 11.8 Å². The minimum absolute atomic E-state index is 0.0178. The Bertz CT molecular complexity index is 664. The van der Waals surface area contributed by atoms with Crippen LogP contribution in [0.2, 0.25) is 5.02 Å². The maximum Gasteiger partial charge on any atom is 0.313 e. The number of hydrogen-bond acceptors (Lipinski definition) is 5. The molecule has 2 N–H and O–H groups in total. The van der Waals surface area contributed by atoms with Crippen molar-refractivity contribution in [2.45, 2.75) is 6.92 Å². The van der Waals surface area contributed by atoms with Gasteiger partial charge in [0, 0.05) is 23.8 Å². The van der Waals surface area contributed by atoms with Gasteiger partial charge in [0.25, 0.3) is 5.24 Å². The predicted molar refractivity (Wildman–Crippen MR) is 87.4 cm³/mol. The molecule has 1 heterocycles. The fraction of sp³-hybridized carbons (Fsp3) is 0.286. The summed E-state index contributed by atoms with van der Waals surface area (Å²) in [6.07, 6.45) is 0. The Labute approximate surface area is 141 Å². The summed E-state index contributed by atoms with van der Waals surface area (Å²) in [5.74, 6) is -1.85. The SMILES string of the molecule is Cc1cc(Cl)ccc1NC(=O)C(=O)NCCN1C(=O)CSC1=O. The molecule has 0 atom stereocenters. The van der Waals surface area contributed by atoms with E-state index in [1.54, 1.807) is 25.1 Å². The lowest BCUT2D eigenvalue weighted by molar-refractivity contribution is -0.136. The molecule has 1 aromatic carbocycles. The fourth-order valence-corrected chi connectivity index (χ4v) is 2.88. The summed E-state index contributed by atoms with van der Waals surface area (Å²) in [6.45, 7) is 1.81. The van der Waals surface area contributed by atoms with Crippen LogP contribution >= 0.6 is 23.4 Å². The number of thioether (sulfide) groups is 1. The van der Waals surface area contributed by atoms with Crippen molar-refractivity contribution in [2.24, 2.45) is 0 Å². The predicted octanol–water partition coefficient (Wildman–Crippen LogP) is 1.40. The van der Waals surface area contributed by atoms with Crippen LogP contribution in [0.25, 0.3) is 0 Å². The van der Waals surface area contributed by atoms with Gasteiger partial charge in [0.2, 0.25) is 5.91 Å². The molecule has 1 fully saturated rings. The molecule has 7 nitrogen and oxygen atoms in total. The Kier molecular flexibility index (Phi) is 5.62. The maximum absolute atomic E-state index is 11.8. The van der Waals surface area contributed by atoms with Crippen LogP contribution in [0.15, 0.2) is 18.2 Å². The minimum atomic E-state index is -0.842. The van der Waals surface area contributed by atoms with E-state index in [2.05, 4.69) is 10.6 Å². The number of hydrogen-bond donors (Lipinski definition) is 2. The van der Waals surface area contributed by atoms with Crippen LogP contribution in [0.5, 0.6) is 0 Å². The average Bonchev–Trinajstić information content (AvgIpc) is 2.81. The summed E-state index contributed by atoms with van der Waals surface area (Å²) in [5.41, 5.74) is 1.21. The molecular formula is C14H14ClN3O4S. The van der Waals surface area contributed by atoms with Gasteiger partial charge in [-0.05, 0) is 30.7 Å². The molecular weight excluding hydrogens is 342 g/mol. The number of rotatable bonds is 4. The summed E-state index contributed by atoms with van der Waals surface area (Å²) in [6, 6.07) is 4.86. The molecule has 1 saturated heterocycles. The van der Waals surface area contributed by atoms with Crippen LogP contribution in [-0.4, -0.2) is 46.7 Å². The summed E-state index contributed by atoms with van der Waals surface area (Å²) in [4.78, 5) is 47.3. The van der Waals surface area contributed by atoms with Crippen molar-refractivity contribution in [2.75, 3.05) is 24.2 Å². The number of amides is 4. The van der Waals surface area contributed by atoms with E-state index in [0.717, 1.165) is 22.2 Å². The molecule has 0 aliphatic carbocycles. The summed E-state index contributed by atoms with van der Waals surface area (Å²) >= 11 is 6.73. The highest BCUT2D eigenvalue weighted by Crippen LogP contribution is 2.19. The smallest absolute Gasteiger partial charge is 0.313 e. The van der Waals surface area contributed by atoms with E-state index < -0.39 is 11.8 Å². The van der Waals surface area contributed by atoms with E-state index in [9.17, 15) is 19.2 Å². The lowest BCUT2D eigenvalue weighted by Crippen LogP contribution is -2.41. The quantitative estimate of drug-likeness (QED) is 0.796. The topological polar surface area (TPSA) is 95.6 Å². The average molecular weight is 356 g/mol. The Morgan fingerprint density at radius 1 is 1.30 bits per heavy atom. The first-order valence-corrected chi connectivity index (χ1v) is 8.07. The number of nitrogens with one attached hydrogen (secondary N) is 2. The molecule has 23 heavy (non-hydrogen) atoms. The molecule has 9 heteroatoms. The van der Waals surface area contributed by atoms with E-state index in [1.165, 1.54) is 0 Å². The monoisotopic (exact) mass is 355 g/mol. The first-order valence-electron chi connectivity index (χ1n) is 6.71. The van der Waals surface area contributed by atoms with Crippen molar-refractivity contribution in [3.8, 4) is 0 Å². The van der Waals surface area contributed by atoms with Crippen molar-refractivity contribution >= 4 is 52.0 Å². The van der Waals surface area contributed by atoms with Crippen LogP contribution in [-0.2, 0) is 14.4 Å². The molecule has 122 valence electrons. The van der Waals surface area contributed by atoms with E-state index in [0.29, 0.717) is 10.7 Å². The third-order valence-electron chi connectivity index (χ3n) is 3.10. The fourth-order valence-electron chi connectivity index (χ4n) is 1.91. The highest BCUT2D eigenvalue weighted by atomic mass is 35.5. The zero-order valence-corrected chi connectivity index (χ0v) is 13.8. The second kappa shape index (κ2) is 7.47. The van der Waals surface area contributed by atoms with Crippen LogP contribution in [0, 0.1) is 6.92 Å². The molecule has 1 aromatic rings. The number of nitrogens with zero attached hydrogens (tertiary/aromatic N) is 1. The van der Waals surface area contributed by atoms with Gasteiger partial charge in [-0.15, -0.1) is 0 Å². The molecule has 2 rings (SSSR count). The van der Waals surface area contributed by atoms with Gasteiger partial charge in [0.05, 0.1) is 5.75 Å². The normalized spacial score (nSPS) is 14.1. The van der Waals surface area contributed by atoms with Gasteiger partial charge in [-0.2, -0.15) is 0 Å². The van der Waals surface area contributed by atoms with Gasteiger partial charge in [0.15, 0.2) is 0 Å². The van der Waals surface area contributed by atoms with Gasteiger partial charge in [0.1, 0.15) is 0 Å². The Morgan fingerprint density at radius 3 is 2.65 bits per heavy atom. The number of halogens is 1. The molecule has 0 radical (unpaired) electrons. The number of carbonyl (C=O) groups excluding carboxylic acids is 4. The van der Waals surface area contributed by atoms with Crippen LogP contribution in [0.3, 0.4) is 0 Å². The molecule has 1 aliphatic rings. The van der Waals surface area contributed by atoms with Crippen molar-refractivity contribution in [1.29, 1.82) is 0 Å². The summed E-state index contributed by atoms with van der Waals surface area (Å²) in [7, 11) is 0. The highest BCUT2D eigenvalue weighted by Gasteiger charge is 2.29. The Morgan fingerprint density at radius 2 is 2.04 bits per heavy atom. The van der Waals surface area contributed by atoms with E-state index >= 15 is 0 Å². The van der Waals surface area contributed by atoms with Gasteiger partial charge in [-0.3, -0.25) is 24.1 Å². The number of anilines is 1. The van der Waals surface area contributed by atoms with Gasteiger partial charge < -0.3 is 10.6 Å². The van der Waals surface area contributed by atoms with Crippen molar-refractivity contribution in [3.05, 3.63) is 28.8 Å². The summed E-state index contributed by atoms with van der Waals surface area (Å²) < 4.78 is 0. The Balaban J connectivity index is 1.82. The summed E-state index contributed by atoms with van der Waals surface area (Å²) in [5, 5.41) is 5.03. The lowest BCUT2D eigenvalue weighted by Gasteiger charge is -2.13. The standard InChI is InChI=1S/C14H14ClN3O4S/c1-8-6-9(15)2-3-10(8)17-13(21)12(20)16-4-5-18-11(19)7-23-14(18)22/h2-3,6H,4-5,7H2,1H3,(H,16,20)(H,17,21). The highest BCUT2D eigenvalue weighted by molar-refractivity contribution is 8.14. The van der Waals surface area contributed by atoms with Crippen LogP contribution in [0.4, 0.5) is 10.5 Å². The zero-order valence-electron chi connectivity index (χ0n) is 12.2. The molecule has 4 amide bonds. The first kappa shape index (κ1) is 17.3. The second-order valence-corrected chi connectivity index (χ2v) is 6.13. The molecule has 0 saturated carbocycles. The lowest BCUT2D eigenvalue weighted by atomic mass is 10.2. The molecule has 1 aliphatic heterocycles. The number of imide groups is 1. The van der Waals surface area contributed by atoms with Crippen molar-refractivity contribution < 1.29 is 19.2 Å². The first-order chi connectivity index (χ1) is 10.9. The Hall–Kier alpha value is -2.06. The number of aryl methyl sites for hydroxylation is 1. The van der Waals surface area contributed by atoms with Crippen molar-refractivity contribution in [1.82, 2.24) is 10.2 Å². The minimum Gasteiger partial charge on any atom is -0.346 e. The molecule has 0 spiro atoms. The van der Waals surface area contributed by atoms with E-state index in [-0.39, 0.29) is 30.0 Å².